The third-order valence-electron chi connectivity index (χ3n) is 5.57. The monoisotopic (exact) mass is 350 g/mol. The number of benzene rings is 1. The Morgan fingerprint density at radius 3 is 2.48 bits per heavy atom. The number of methoxy groups -OCH3 is 3. The third-order valence-corrected chi connectivity index (χ3v) is 5.57. The van der Waals surface area contributed by atoms with E-state index in [9.17, 15) is 4.79 Å². The standard InChI is InChI=1S/C19H27NO5/c1-22-16-10-14-12-20(7-4-18(21)24-3)13-19(5-8-25-9-6-19)15(14)11-17(16)23-2/h10-11H,4-9,12-13H2,1-3H3/p+1. The summed E-state index contributed by atoms with van der Waals surface area (Å²) in [6, 6.07) is 4.25. The maximum absolute atomic E-state index is 11.6. The van der Waals surface area contributed by atoms with Crippen LogP contribution in [0.5, 0.6) is 11.5 Å². The van der Waals surface area contributed by atoms with Crippen LogP contribution in [0, 0.1) is 0 Å². The van der Waals surface area contributed by atoms with Crippen LogP contribution in [0.4, 0.5) is 0 Å². The first kappa shape index (κ1) is 18.0. The zero-order valence-electron chi connectivity index (χ0n) is 15.4. The van der Waals surface area contributed by atoms with Crippen LogP contribution >= 0.6 is 0 Å². The summed E-state index contributed by atoms with van der Waals surface area (Å²) in [5, 5.41) is 0. The van der Waals surface area contributed by atoms with Gasteiger partial charge in [-0.05, 0) is 30.5 Å². The second kappa shape index (κ2) is 7.62. The molecule has 2 aliphatic rings. The molecule has 1 saturated heterocycles. The second-order valence-corrected chi connectivity index (χ2v) is 6.94. The molecule has 25 heavy (non-hydrogen) atoms. The molecule has 0 radical (unpaired) electrons. The van der Waals surface area contributed by atoms with Crippen molar-refractivity contribution in [3.05, 3.63) is 23.3 Å². The van der Waals surface area contributed by atoms with Gasteiger partial charge in [0.15, 0.2) is 11.5 Å². The minimum absolute atomic E-state index is 0.0802. The van der Waals surface area contributed by atoms with Crippen LogP contribution < -0.4 is 14.4 Å². The molecular weight excluding hydrogens is 322 g/mol. The van der Waals surface area contributed by atoms with Gasteiger partial charge in [-0.2, -0.15) is 0 Å². The number of hydrogen-bond acceptors (Lipinski definition) is 5. The molecule has 6 heteroatoms. The van der Waals surface area contributed by atoms with E-state index in [0.29, 0.717) is 6.42 Å². The lowest BCUT2D eigenvalue weighted by Crippen LogP contribution is -3.13. The van der Waals surface area contributed by atoms with E-state index in [1.165, 1.54) is 23.1 Å². The lowest BCUT2D eigenvalue weighted by molar-refractivity contribution is -0.920. The highest BCUT2D eigenvalue weighted by atomic mass is 16.5. The number of hydrogen-bond donors (Lipinski definition) is 1. The molecule has 0 saturated carbocycles. The molecule has 138 valence electrons. The van der Waals surface area contributed by atoms with Gasteiger partial charge in [0.05, 0.1) is 40.8 Å². The summed E-state index contributed by atoms with van der Waals surface area (Å²) in [4.78, 5) is 13.0. The summed E-state index contributed by atoms with van der Waals surface area (Å²) >= 11 is 0. The summed E-state index contributed by atoms with van der Waals surface area (Å²) < 4.78 is 21.5. The summed E-state index contributed by atoms with van der Waals surface area (Å²) in [6.07, 6.45) is 2.44. The number of ether oxygens (including phenoxy) is 4. The number of rotatable bonds is 5. The lowest BCUT2D eigenvalue weighted by Gasteiger charge is -2.44. The van der Waals surface area contributed by atoms with Crippen molar-refractivity contribution >= 4 is 5.97 Å². The van der Waals surface area contributed by atoms with Crippen molar-refractivity contribution in [1.29, 1.82) is 0 Å². The van der Waals surface area contributed by atoms with Crippen molar-refractivity contribution in [2.24, 2.45) is 0 Å². The van der Waals surface area contributed by atoms with E-state index in [0.717, 1.165) is 57.2 Å². The highest BCUT2D eigenvalue weighted by Gasteiger charge is 2.44. The highest BCUT2D eigenvalue weighted by Crippen LogP contribution is 2.42. The van der Waals surface area contributed by atoms with E-state index in [2.05, 4.69) is 12.1 Å². The molecule has 6 nitrogen and oxygen atoms in total. The number of carbonyl (C=O) groups excluding carboxylic acids is 1. The minimum Gasteiger partial charge on any atom is -0.493 e. The van der Waals surface area contributed by atoms with E-state index in [1.54, 1.807) is 14.2 Å². The molecule has 3 rings (SSSR count). The Hall–Kier alpha value is -1.79. The van der Waals surface area contributed by atoms with Crippen molar-refractivity contribution < 1.29 is 28.6 Å². The average Bonchev–Trinajstić information content (AvgIpc) is 2.65. The van der Waals surface area contributed by atoms with E-state index >= 15 is 0 Å². The number of nitrogens with one attached hydrogen (secondary N) is 1. The predicted molar refractivity (Wildman–Crippen MR) is 92.3 cm³/mol. The van der Waals surface area contributed by atoms with Crippen molar-refractivity contribution in [3.63, 3.8) is 0 Å². The van der Waals surface area contributed by atoms with E-state index in [1.807, 2.05) is 0 Å². The zero-order chi connectivity index (χ0) is 17.9. The smallest absolute Gasteiger partial charge is 0.311 e. The molecule has 1 N–H and O–H groups in total. The number of fused-ring (bicyclic) bond motifs is 2. The van der Waals surface area contributed by atoms with Crippen LogP contribution in [0.15, 0.2) is 12.1 Å². The molecule has 0 amide bonds. The molecule has 0 aromatic heterocycles. The lowest BCUT2D eigenvalue weighted by atomic mass is 9.70. The van der Waals surface area contributed by atoms with Gasteiger partial charge in [-0.25, -0.2) is 0 Å². The molecular formula is C19H28NO5+. The van der Waals surface area contributed by atoms with Crippen LogP contribution in [0.25, 0.3) is 0 Å². The summed E-state index contributed by atoms with van der Waals surface area (Å²) in [5.74, 6) is 1.40. The van der Waals surface area contributed by atoms with Gasteiger partial charge in [-0.1, -0.05) is 0 Å². The molecule has 1 spiro atoms. The Bertz CT molecular complexity index is 624. The Morgan fingerprint density at radius 2 is 1.84 bits per heavy atom. The molecule has 2 heterocycles. The summed E-state index contributed by atoms with van der Waals surface area (Å²) in [5.41, 5.74) is 2.72. The second-order valence-electron chi connectivity index (χ2n) is 6.94. The van der Waals surface area contributed by atoms with Gasteiger partial charge in [0.2, 0.25) is 0 Å². The van der Waals surface area contributed by atoms with Gasteiger partial charge >= 0.3 is 5.97 Å². The van der Waals surface area contributed by atoms with Crippen molar-refractivity contribution in [2.45, 2.75) is 31.2 Å². The quantitative estimate of drug-likeness (QED) is 0.793. The highest BCUT2D eigenvalue weighted by molar-refractivity contribution is 5.69. The first-order valence-electron chi connectivity index (χ1n) is 8.85. The van der Waals surface area contributed by atoms with Gasteiger partial charge in [0, 0.05) is 24.2 Å². The van der Waals surface area contributed by atoms with Gasteiger partial charge in [0.25, 0.3) is 0 Å². The van der Waals surface area contributed by atoms with Crippen molar-refractivity contribution in [2.75, 3.05) is 47.6 Å². The minimum atomic E-state index is -0.147. The third kappa shape index (κ3) is 3.60. The summed E-state index contributed by atoms with van der Waals surface area (Å²) in [7, 11) is 4.79. The zero-order valence-corrected chi connectivity index (χ0v) is 15.4. The van der Waals surface area contributed by atoms with Crippen LogP contribution in [-0.2, 0) is 26.2 Å². The van der Waals surface area contributed by atoms with Crippen LogP contribution in [-0.4, -0.2) is 53.6 Å². The van der Waals surface area contributed by atoms with E-state index < -0.39 is 0 Å². The van der Waals surface area contributed by atoms with E-state index in [-0.39, 0.29) is 11.4 Å². The van der Waals surface area contributed by atoms with Gasteiger partial charge in [-0.3, -0.25) is 4.79 Å². The van der Waals surface area contributed by atoms with Gasteiger partial charge < -0.3 is 23.8 Å². The van der Waals surface area contributed by atoms with Crippen LogP contribution in [0.2, 0.25) is 0 Å². The normalized spacial score (nSPS) is 21.5. The maximum atomic E-state index is 11.6. The molecule has 1 unspecified atom stereocenters. The Balaban J connectivity index is 1.94. The fraction of sp³-hybridized carbons (Fsp3) is 0.632. The Morgan fingerprint density at radius 1 is 1.16 bits per heavy atom. The number of esters is 1. The van der Waals surface area contributed by atoms with Crippen molar-refractivity contribution in [1.82, 2.24) is 0 Å². The number of quaternary nitrogens is 1. The topological polar surface area (TPSA) is 58.4 Å². The Kier molecular flexibility index (Phi) is 5.49. The fourth-order valence-corrected chi connectivity index (χ4v) is 4.23. The molecule has 2 aliphatic heterocycles. The average molecular weight is 350 g/mol. The molecule has 0 bridgehead atoms. The van der Waals surface area contributed by atoms with Crippen LogP contribution in [0.1, 0.15) is 30.4 Å². The molecule has 1 aromatic carbocycles. The van der Waals surface area contributed by atoms with E-state index in [4.69, 9.17) is 18.9 Å². The molecule has 1 aromatic rings. The Labute approximate surface area is 149 Å². The fourth-order valence-electron chi connectivity index (χ4n) is 4.23. The van der Waals surface area contributed by atoms with Crippen LogP contribution in [0.3, 0.4) is 0 Å². The molecule has 1 fully saturated rings. The maximum Gasteiger partial charge on any atom is 0.311 e. The largest absolute Gasteiger partial charge is 0.493 e. The van der Waals surface area contributed by atoms with Crippen molar-refractivity contribution in [3.8, 4) is 11.5 Å². The SMILES string of the molecule is COC(=O)CC[NH+]1Cc2cc(OC)c(OC)cc2C2(CCOCC2)C1. The summed E-state index contributed by atoms with van der Waals surface area (Å²) in [6.45, 7) is 4.23. The first-order valence-corrected chi connectivity index (χ1v) is 8.85. The first-order chi connectivity index (χ1) is 12.1. The predicted octanol–water partition coefficient (Wildman–Crippen LogP) is 0.714. The number of carbonyl (C=O) groups is 1. The molecule has 1 atom stereocenters. The molecule has 0 aliphatic carbocycles. The van der Waals surface area contributed by atoms with Gasteiger partial charge in [-0.15, -0.1) is 0 Å². The van der Waals surface area contributed by atoms with Gasteiger partial charge in [0.1, 0.15) is 6.54 Å².